The number of aromatic nitrogens is 1. The van der Waals surface area contributed by atoms with Crippen LogP contribution in [0.5, 0.6) is 0 Å². The third-order valence-corrected chi connectivity index (χ3v) is 4.74. The van der Waals surface area contributed by atoms with E-state index < -0.39 is 0 Å². The Labute approximate surface area is 154 Å². The molecular weight excluding hydrogens is 322 g/mol. The van der Waals surface area contributed by atoms with Gasteiger partial charge in [-0.1, -0.05) is 48.5 Å². The number of aryl methyl sites for hydroxylation is 1. The highest BCUT2D eigenvalue weighted by molar-refractivity contribution is 5.98. The zero-order valence-electron chi connectivity index (χ0n) is 15.6. The van der Waals surface area contributed by atoms with Crippen molar-refractivity contribution in [2.45, 2.75) is 26.4 Å². The van der Waals surface area contributed by atoms with Crippen LogP contribution in [-0.2, 0) is 6.54 Å². The molecule has 0 saturated carbocycles. The lowest BCUT2D eigenvalue weighted by atomic mass is 10.1. The van der Waals surface area contributed by atoms with Gasteiger partial charge in [0.1, 0.15) is 0 Å². The number of carbonyl (C=O) groups is 1. The van der Waals surface area contributed by atoms with E-state index in [1.54, 1.807) is 0 Å². The van der Waals surface area contributed by atoms with E-state index >= 15 is 0 Å². The van der Waals surface area contributed by atoms with E-state index in [-0.39, 0.29) is 11.9 Å². The number of carbonyl (C=O) groups excluding carboxylic acids is 1. The van der Waals surface area contributed by atoms with Crippen molar-refractivity contribution in [3.8, 4) is 0 Å². The molecule has 0 fully saturated rings. The first-order valence-electron chi connectivity index (χ1n) is 8.93. The molecule has 0 aliphatic heterocycles. The summed E-state index contributed by atoms with van der Waals surface area (Å²) >= 11 is 0. The fourth-order valence-corrected chi connectivity index (χ4v) is 2.96. The topological polar surface area (TPSA) is 45.2 Å². The third kappa shape index (κ3) is 4.27. The van der Waals surface area contributed by atoms with Crippen molar-refractivity contribution in [2.75, 3.05) is 13.6 Å². The van der Waals surface area contributed by atoms with Crippen LogP contribution in [-0.4, -0.2) is 35.4 Å². The maximum absolute atomic E-state index is 12.6. The zero-order valence-corrected chi connectivity index (χ0v) is 15.6. The standard InChI is InChI=1S/C22H25N3O/c1-16(25(3)15-18-9-5-4-6-10-18)14-23-22(26)20-13-19-11-7-8-12-21(19)24-17(20)2/h4-13,16H,14-15H2,1-3H3,(H,23,26). The van der Waals surface area contributed by atoms with Crippen LogP contribution < -0.4 is 5.32 Å². The van der Waals surface area contributed by atoms with Gasteiger partial charge in [0.2, 0.25) is 0 Å². The molecule has 134 valence electrons. The summed E-state index contributed by atoms with van der Waals surface area (Å²) in [7, 11) is 2.08. The molecule has 1 heterocycles. The van der Waals surface area contributed by atoms with E-state index in [4.69, 9.17) is 0 Å². The van der Waals surface area contributed by atoms with Crippen LogP contribution in [0.4, 0.5) is 0 Å². The van der Waals surface area contributed by atoms with Gasteiger partial charge in [-0.2, -0.15) is 0 Å². The highest BCUT2D eigenvalue weighted by Crippen LogP contribution is 2.16. The first-order chi connectivity index (χ1) is 12.5. The lowest BCUT2D eigenvalue weighted by molar-refractivity contribution is 0.0939. The first kappa shape index (κ1) is 18.1. The minimum Gasteiger partial charge on any atom is -0.350 e. The Morgan fingerprint density at radius 1 is 1.12 bits per heavy atom. The van der Waals surface area contributed by atoms with Gasteiger partial charge in [-0.25, -0.2) is 0 Å². The van der Waals surface area contributed by atoms with E-state index in [1.165, 1.54) is 5.56 Å². The van der Waals surface area contributed by atoms with Gasteiger partial charge in [0, 0.05) is 24.5 Å². The number of likely N-dealkylation sites (N-methyl/N-ethyl adjacent to an activating group) is 1. The normalized spacial score (nSPS) is 12.3. The SMILES string of the molecule is Cc1nc2ccccc2cc1C(=O)NCC(C)N(C)Cc1ccccc1. The third-order valence-electron chi connectivity index (χ3n) is 4.74. The number of fused-ring (bicyclic) bond motifs is 1. The number of hydrogen-bond acceptors (Lipinski definition) is 3. The second kappa shape index (κ2) is 8.11. The molecule has 0 bridgehead atoms. The molecule has 3 aromatic rings. The molecule has 4 heteroatoms. The lowest BCUT2D eigenvalue weighted by Crippen LogP contribution is -2.40. The molecule has 4 nitrogen and oxygen atoms in total. The average Bonchev–Trinajstić information content (AvgIpc) is 2.66. The van der Waals surface area contributed by atoms with E-state index in [1.807, 2.05) is 55.5 Å². The number of amides is 1. The molecule has 1 unspecified atom stereocenters. The van der Waals surface area contributed by atoms with Gasteiger partial charge >= 0.3 is 0 Å². The molecule has 0 radical (unpaired) electrons. The van der Waals surface area contributed by atoms with Crippen LogP contribution in [0.3, 0.4) is 0 Å². The largest absolute Gasteiger partial charge is 0.350 e. The second-order valence-electron chi connectivity index (χ2n) is 6.77. The molecule has 0 saturated heterocycles. The number of para-hydroxylation sites is 1. The van der Waals surface area contributed by atoms with Crippen LogP contribution in [0.2, 0.25) is 0 Å². The predicted octanol–water partition coefficient (Wildman–Crippen LogP) is 3.79. The maximum Gasteiger partial charge on any atom is 0.253 e. The summed E-state index contributed by atoms with van der Waals surface area (Å²) < 4.78 is 0. The van der Waals surface area contributed by atoms with Crippen molar-refractivity contribution in [3.05, 3.63) is 77.5 Å². The van der Waals surface area contributed by atoms with Crippen LogP contribution in [0, 0.1) is 6.92 Å². The molecule has 1 amide bonds. The number of rotatable bonds is 6. The van der Waals surface area contributed by atoms with Gasteiger partial charge < -0.3 is 5.32 Å². The minimum absolute atomic E-state index is 0.0688. The molecule has 0 spiro atoms. The lowest BCUT2D eigenvalue weighted by Gasteiger charge is -2.25. The molecule has 1 atom stereocenters. The van der Waals surface area contributed by atoms with Gasteiger partial charge in [-0.15, -0.1) is 0 Å². The maximum atomic E-state index is 12.6. The summed E-state index contributed by atoms with van der Waals surface area (Å²) in [6.45, 7) is 5.45. The number of benzene rings is 2. The summed E-state index contributed by atoms with van der Waals surface area (Å²) in [6.07, 6.45) is 0. The second-order valence-corrected chi connectivity index (χ2v) is 6.77. The van der Waals surface area contributed by atoms with Crippen molar-refractivity contribution < 1.29 is 4.79 Å². The van der Waals surface area contributed by atoms with Gasteiger partial charge in [0.15, 0.2) is 0 Å². The number of hydrogen-bond donors (Lipinski definition) is 1. The summed E-state index contributed by atoms with van der Waals surface area (Å²) in [5.41, 5.74) is 3.58. The first-order valence-corrected chi connectivity index (χ1v) is 8.93. The number of nitrogens with one attached hydrogen (secondary N) is 1. The molecule has 1 aromatic heterocycles. The summed E-state index contributed by atoms with van der Waals surface area (Å²) in [5.74, 6) is -0.0688. The van der Waals surface area contributed by atoms with Gasteiger partial charge in [0.05, 0.1) is 16.8 Å². The molecule has 2 aromatic carbocycles. The molecule has 1 N–H and O–H groups in total. The molecule has 0 aliphatic rings. The Balaban J connectivity index is 1.62. The number of pyridine rings is 1. The van der Waals surface area contributed by atoms with Crippen molar-refractivity contribution in [3.63, 3.8) is 0 Å². The quantitative estimate of drug-likeness (QED) is 0.738. The summed E-state index contributed by atoms with van der Waals surface area (Å²) in [5, 5.41) is 4.03. The Bertz CT molecular complexity index is 892. The van der Waals surface area contributed by atoms with Crippen LogP contribution >= 0.6 is 0 Å². The van der Waals surface area contributed by atoms with Crippen molar-refractivity contribution in [1.29, 1.82) is 0 Å². The monoisotopic (exact) mass is 347 g/mol. The van der Waals surface area contributed by atoms with Gasteiger partial charge in [-0.05, 0) is 38.6 Å². The predicted molar refractivity (Wildman–Crippen MR) is 106 cm³/mol. The molecular formula is C22H25N3O. The van der Waals surface area contributed by atoms with Gasteiger partial charge in [0.25, 0.3) is 5.91 Å². The van der Waals surface area contributed by atoms with E-state index in [9.17, 15) is 4.79 Å². The highest BCUT2D eigenvalue weighted by atomic mass is 16.1. The van der Waals surface area contributed by atoms with Crippen molar-refractivity contribution in [1.82, 2.24) is 15.2 Å². The average molecular weight is 347 g/mol. The molecule has 0 aliphatic carbocycles. The fraction of sp³-hybridized carbons (Fsp3) is 0.273. The summed E-state index contributed by atoms with van der Waals surface area (Å²) in [6, 6.07) is 20.4. The van der Waals surface area contributed by atoms with E-state index in [0.717, 1.165) is 23.1 Å². The molecule has 26 heavy (non-hydrogen) atoms. The van der Waals surface area contributed by atoms with Crippen LogP contribution in [0.1, 0.15) is 28.5 Å². The molecule has 3 rings (SSSR count). The van der Waals surface area contributed by atoms with E-state index in [2.05, 4.69) is 41.3 Å². The van der Waals surface area contributed by atoms with Crippen LogP contribution in [0.15, 0.2) is 60.7 Å². The van der Waals surface area contributed by atoms with Crippen molar-refractivity contribution >= 4 is 16.8 Å². The van der Waals surface area contributed by atoms with E-state index in [0.29, 0.717) is 12.1 Å². The number of nitrogens with zero attached hydrogens (tertiary/aromatic N) is 2. The highest BCUT2D eigenvalue weighted by Gasteiger charge is 2.15. The fourth-order valence-electron chi connectivity index (χ4n) is 2.96. The minimum atomic E-state index is -0.0688. The zero-order chi connectivity index (χ0) is 18.5. The van der Waals surface area contributed by atoms with Gasteiger partial charge in [-0.3, -0.25) is 14.7 Å². The Hall–Kier alpha value is -2.72. The Morgan fingerprint density at radius 2 is 1.81 bits per heavy atom. The Morgan fingerprint density at radius 3 is 2.58 bits per heavy atom. The van der Waals surface area contributed by atoms with Crippen molar-refractivity contribution in [2.24, 2.45) is 0 Å². The smallest absolute Gasteiger partial charge is 0.253 e. The Kier molecular flexibility index (Phi) is 5.64. The van der Waals surface area contributed by atoms with Crippen LogP contribution in [0.25, 0.3) is 10.9 Å². The summed E-state index contributed by atoms with van der Waals surface area (Å²) in [4.78, 5) is 19.4.